The van der Waals surface area contributed by atoms with Gasteiger partial charge in [-0.05, 0) is 42.7 Å². The summed E-state index contributed by atoms with van der Waals surface area (Å²) >= 11 is 0. The Bertz CT molecular complexity index is 898. The Morgan fingerprint density at radius 2 is 2.11 bits per heavy atom. The van der Waals surface area contributed by atoms with Crippen molar-refractivity contribution in [1.29, 1.82) is 0 Å². The van der Waals surface area contributed by atoms with E-state index in [-0.39, 0.29) is 0 Å². The molecule has 3 rings (SSSR count). The fraction of sp³-hybridized carbons (Fsp3) is 0.250. The molecule has 0 spiro atoms. The van der Waals surface area contributed by atoms with E-state index in [2.05, 4.69) is 26.2 Å². The highest BCUT2D eigenvalue weighted by molar-refractivity contribution is 6.11. The quantitative estimate of drug-likeness (QED) is 0.578. The summed E-state index contributed by atoms with van der Waals surface area (Å²) in [4.78, 5) is 12.9. The third kappa shape index (κ3) is 4.43. The lowest BCUT2D eigenvalue weighted by molar-refractivity contribution is 0.309. The number of amidine groups is 1. The van der Waals surface area contributed by atoms with Crippen LogP contribution in [0.1, 0.15) is 17.7 Å². The third-order valence-electron chi connectivity index (χ3n) is 3.92. The molecule has 0 fully saturated rings. The van der Waals surface area contributed by atoms with Crippen molar-refractivity contribution in [2.24, 2.45) is 10.7 Å². The van der Waals surface area contributed by atoms with Gasteiger partial charge in [-0.15, -0.1) is 6.42 Å². The first kappa shape index (κ1) is 18.4. The Balaban J connectivity index is 1.80. The van der Waals surface area contributed by atoms with E-state index in [1.54, 1.807) is 13.3 Å². The molecule has 0 aliphatic carbocycles. The van der Waals surface area contributed by atoms with E-state index >= 15 is 0 Å². The van der Waals surface area contributed by atoms with E-state index in [1.807, 2.05) is 24.3 Å². The predicted molar refractivity (Wildman–Crippen MR) is 106 cm³/mol. The van der Waals surface area contributed by atoms with Crippen LogP contribution in [0.4, 0.5) is 5.82 Å². The number of benzene rings is 1. The van der Waals surface area contributed by atoms with Crippen molar-refractivity contribution < 1.29 is 9.47 Å². The summed E-state index contributed by atoms with van der Waals surface area (Å²) in [5, 5.41) is 3.13. The van der Waals surface area contributed by atoms with Crippen LogP contribution in [0.2, 0.25) is 0 Å². The highest BCUT2D eigenvalue weighted by atomic mass is 16.5. The van der Waals surface area contributed by atoms with Crippen LogP contribution >= 0.6 is 0 Å². The first-order valence-electron chi connectivity index (χ1n) is 8.56. The van der Waals surface area contributed by atoms with Gasteiger partial charge in [-0.3, -0.25) is 4.99 Å². The number of rotatable bonds is 7. The second-order valence-corrected chi connectivity index (χ2v) is 5.75. The second-order valence-electron chi connectivity index (χ2n) is 5.75. The molecule has 27 heavy (non-hydrogen) atoms. The van der Waals surface area contributed by atoms with Crippen molar-refractivity contribution in [3.05, 3.63) is 47.9 Å². The zero-order chi connectivity index (χ0) is 19.1. The predicted octanol–water partition coefficient (Wildman–Crippen LogP) is 2.10. The van der Waals surface area contributed by atoms with E-state index in [4.69, 9.17) is 21.6 Å². The molecule has 2 heterocycles. The number of hydrogen-bond acceptors (Lipinski definition) is 7. The van der Waals surface area contributed by atoms with Crippen LogP contribution < -0.4 is 20.5 Å². The topological polar surface area (TPSA) is 94.7 Å². The van der Waals surface area contributed by atoms with Crippen molar-refractivity contribution in [2.45, 2.75) is 6.42 Å². The van der Waals surface area contributed by atoms with Crippen LogP contribution in [0, 0.1) is 12.3 Å². The minimum Gasteiger partial charge on any atom is -0.496 e. The van der Waals surface area contributed by atoms with Gasteiger partial charge in [-0.2, -0.15) is 0 Å². The van der Waals surface area contributed by atoms with Gasteiger partial charge < -0.3 is 20.5 Å². The number of aromatic nitrogens is 2. The van der Waals surface area contributed by atoms with Gasteiger partial charge in [0.25, 0.3) is 0 Å². The molecule has 1 aromatic carbocycles. The largest absolute Gasteiger partial charge is 0.496 e. The summed E-state index contributed by atoms with van der Waals surface area (Å²) in [5.74, 6) is 5.19. The summed E-state index contributed by atoms with van der Waals surface area (Å²) in [5.41, 5.74) is 7.93. The minimum absolute atomic E-state index is 0.485. The van der Waals surface area contributed by atoms with Crippen molar-refractivity contribution in [1.82, 2.24) is 9.97 Å². The highest BCUT2D eigenvalue weighted by Crippen LogP contribution is 2.36. The summed E-state index contributed by atoms with van der Waals surface area (Å²) in [7, 11) is 1.64. The van der Waals surface area contributed by atoms with E-state index in [9.17, 15) is 0 Å². The molecule has 0 saturated carbocycles. The van der Waals surface area contributed by atoms with Crippen LogP contribution in [0.15, 0.2) is 41.7 Å². The minimum atomic E-state index is 0.485. The molecule has 0 saturated heterocycles. The number of ether oxygens (including phenoxy) is 2. The zero-order valence-corrected chi connectivity index (χ0v) is 15.1. The van der Waals surface area contributed by atoms with Crippen LogP contribution in [0.25, 0.3) is 5.57 Å². The first-order valence-corrected chi connectivity index (χ1v) is 8.56. The van der Waals surface area contributed by atoms with Crippen LogP contribution in [0.5, 0.6) is 11.5 Å². The maximum Gasteiger partial charge on any atom is 0.150 e. The van der Waals surface area contributed by atoms with Crippen LogP contribution in [-0.4, -0.2) is 42.6 Å². The molecule has 1 aliphatic rings. The number of hydrogen-bond donors (Lipinski definition) is 2. The number of aliphatic imine (C=N–C) groups is 1. The van der Waals surface area contributed by atoms with Gasteiger partial charge >= 0.3 is 0 Å². The lowest BCUT2D eigenvalue weighted by atomic mass is 10.0. The Morgan fingerprint density at radius 3 is 2.81 bits per heavy atom. The van der Waals surface area contributed by atoms with Gasteiger partial charge in [0.1, 0.15) is 28.8 Å². The Labute approximate surface area is 158 Å². The molecule has 3 N–H and O–H groups in total. The lowest BCUT2D eigenvalue weighted by Gasteiger charge is -2.15. The maximum absolute atomic E-state index is 5.90. The maximum atomic E-state index is 5.90. The summed E-state index contributed by atoms with van der Waals surface area (Å²) in [6, 6.07) is 5.73. The van der Waals surface area contributed by atoms with E-state index in [0.717, 1.165) is 29.1 Å². The summed E-state index contributed by atoms with van der Waals surface area (Å²) in [6.07, 6.45) is 11.1. The van der Waals surface area contributed by atoms with Gasteiger partial charge in [0.05, 0.1) is 38.2 Å². The smallest absolute Gasteiger partial charge is 0.150 e. The van der Waals surface area contributed by atoms with Gasteiger partial charge in [-0.25, -0.2) is 9.97 Å². The number of methoxy groups -OCH3 is 1. The Morgan fingerprint density at radius 1 is 1.26 bits per heavy atom. The molecule has 1 aliphatic heterocycles. The molecule has 0 amide bonds. The van der Waals surface area contributed by atoms with Crippen LogP contribution in [0.3, 0.4) is 0 Å². The average Bonchev–Trinajstić information content (AvgIpc) is 3.16. The van der Waals surface area contributed by atoms with Crippen molar-refractivity contribution in [3.63, 3.8) is 0 Å². The molecule has 0 radical (unpaired) electrons. The fourth-order valence-electron chi connectivity index (χ4n) is 2.64. The molecule has 0 atom stereocenters. The number of nitrogens with two attached hydrogens (primary N) is 1. The molecule has 7 nitrogen and oxygen atoms in total. The van der Waals surface area contributed by atoms with E-state index in [1.165, 1.54) is 6.20 Å². The standard InChI is InChI=1S/C20H21N5O2/c1-3-15-12-24-19(13-22-15)25-18-10-14(11-23-18)20-16(26-2)6-4-7-17(20)27-9-5-8-21/h1,4,6-7,10,12-13H,5,8-9,11,21H2,2H3,(H,23,24,25). The molecular weight excluding hydrogens is 342 g/mol. The Kier molecular flexibility index (Phi) is 6.02. The monoisotopic (exact) mass is 363 g/mol. The molecule has 0 bridgehead atoms. The lowest BCUT2D eigenvalue weighted by Crippen LogP contribution is -2.09. The number of anilines is 1. The molecular formula is C20H21N5O2. The Hall–Kier alpha value is -3.37. The SMILES string of the molecule is C#Cc1cnc(NC2=NCC(c3c(OC)cccc3OCCCN)=C2)cn1. The molecule has 2 aromatic rings. The average molecular weight is 363 g/mol. The fourth-order valence-corrected chi connectivity index (χ4v) is 2.64. The van der Waals surface area contributed by atoms with Crippen molar-refractivity contribution in [3.8, 4) is 23.8 Å². The number of nitrogens with zero attached hydrogens (tertiary/aromatic N) is 3. The van der Waals surface area contributed by atoms with Gasteiger partial charge in [-0.1, -0.05) is 6.07 Å². The highest BCUT2D eigenvalue weighted by Gasteiger charge is 2.19. The van der Waals surface area contributed by atoms with Crippen molar-refractivity contribution in [2.75, 3.05) is 32.1 Å². The van der Waals surface area contributed by atoms with Gasteiger partial charge in [0.15, 0.2) is 0 Å². The summed E-state index contributed by atoms with van der Waals surface area (Å²) < 4.78 is 11.4. The van der Waals surface area contributed by atoms with Gasteiger partial charge in [0.2, 0.25) is 0 Å². The molecule has 1 aromatic heterocycles. The molecule has 138 valence electrons. The summed E-state index contributed by atoms with van der Waals surface area (Å²) in [6.45, 7) is 1.64. The molecule has 0 unspecified atom stereocenters. The van der Waals surface area contributed by atoms with Crippen LogP contribution in [-0.2, 0) is 0 Å². The van der Waals surface area contributed by atoms with E-state index < -0.39 is 0 Å². The normalized spacial score (nSPS) is 12.8. The number of terminal acetylenes is 1. The number of nitrogens with one attached hydrogen (secondary N) is 1. The van der Waals surface area contributed by atoms with Gasteiger partial charge in [0, 0.05) is 0 Å². The second kappa shape index (κ2) is 8.83. The first-order chi connectivity index (χ1) is 13.2. The van der Waals surface area contributed by atoms with Crippen molar-refractivity contribution >= 4 is 17.2 Å². The molecule has 7 heteroatoms. The third-order valence-corrected chi connectivity index (χ3v) is 3.92. The zero-order valence-electron chi connectivity index (χ0n) is 15.1. The van der Waals surface area contributed by atoms with E-state index in [0.29, 0.717) is 37.0 Å².